The molecule has 2 aliphatic heterocycles. The minimum Gasteiger partial charge on any atom is -0.370 e. The lowest BCUT2D eigenvalue weighted by Crippen LogP contribution is -2.54. The molecule has 7 nitrogen and oxygen atoms in total. The smallest absolute Gasteiger partial charge is 0.225 e. The van der Waals surface area contributed by atoms with Crippen LogP contribution in [0, 0.1) is 11.8 Å². The predicted molar refractivity (Wildman–Crippen MR) is 126 cm³/mol. The number of piperidine rings is 1. The van der Waals surface area contributed by atoms with Gasteiger partial charge in [-0.25, -0.2) is 9.97 Å². The van der Waals surface area contributed by atoms with Crippen LogP contribution >= 0.6 is 24.0 Å². The lowest BCUT2D eigenvalue weighted by Gasteiger charge is -2.44. The van der Waals surface area contributed by atoms with Gasteiger partial charge in [-0.1, -0.05) is 13.8 Å². The summed E-state index contributed by atoms with van der Waals surface area (Å²) in [5.74, 6) is 2.96. The molecule has 0 aliphatic carbocycles. The number of piperazine rings is 1. The Balaban J connectivity index is 0.00000280. The topological polar surface area (TPSA) is 73.9 Å². The average molecular weight is 501 g/mol. The fraction of sp³-hybridized carbons (Fsp3) is 0.750. The van der Waals surface area contributed by atoms with Gasteiger partial charge in [0.1, 0.15) is 0 Å². The van der Waals surface area contributed by atoms with Crippen LogP contribution in [0.25, 0.3) is 0 Å². The Morgan fingerprint density at radius 3 is 2.25 bits per heavy atom. The van der Waals surface area contributed by atoms with Gasteiger partial charge in [0.25, 0.3) is 0 Å². The van der Waals surface area contributed by atoms with Gasteiger partial charge in [0, 0.05) is 57.2 Å². The van der Waals surface area contributed by atoms with E-state index in [0.29, 0.717) is 5.96 Å². The van der Waals surface area contributed by atoms with E-state index in [2.05, 4.69) is 52.4 Å². The van der Waals surface area contributed by atoms with E-state index in [1.54, 1.807) is 12.4 Å². The predicted octanol–water partition coefficient (Wildman–Crippen LogP) is 2.29. The number of aliphatic imine (C=N–C) groups is 1. The standard InChI is InChI=1S/C20H35N7.HI/c1-16-12-17(2)14-27(13-16)20(3,4)15-24-18(21)25-8-10-26(11-9-25)19-22-6-5-7-23-19;/h5-7,16-17H,8-15H2,1-4H3,(H2,21,24);1H. The molecule has 2 N–H and O–H groups in total. The molecule has 28 heavy (non-hydrogen) atoms. The van der Waals surface area contributed by atoms with Crippen LogP contribution in [-0.4, -0.2) is 77.1 Å². The molecule has 1 aromatic rings. The van der Waals surface area contributed by atoms with Gasteiger partial charge in [0.15, 0.2) is 5.96 Å². The summed E-state index contributed by atoms with van der Waals surface area (Å²) >= 11 is 0. The highest BCUT2D eigenvalue weighted by atomic mass is 127. The van der Waals surface area contributed by atoms with E-state index < -0.39 is 0 Å². The van der Waals surface area contributed by atoms with Gasteiger partial charge in [-0.2, -0.15) is 0 Å². The largest absolute Gasteiger partial charge is 0.370 e. The Morgan fingerprint density at radius 2 is 1.68 bits per heavy atom. The zero-order valence-corrected chi connectivity index (χ0v) is 20.0. The molecule has 2 atom stereocenters. The lowest BCUT2D eigenvalue weighted by molar-refractivity contribution is 0.0511. The normalized spacial score (nSPS) is 24.8. The quantitative estimate of drug-likeness (QED) is 0.388. The van der Waals surface area contributed by atoms with E-state index in [0.717, 1.165) is 63.6 Å². The number of hydrogen-bond acceptors (Lipinski definition) is 5. The number of anilines is 1. The van der Waals surface area contributed by atoms with Crippen molar-refractivity contribution in [2.75, 3.05) is 50.7 Å². The third-order valence-electron chi connectivity index (χ3n) is 5.79. The van der Waals surface area contributed by atoms with Crippen LogP contribution < -0.4 is 10.6 Å². The Labute approximate surface area is 186 Å². The maximum absolute atomic E-state index is 6.33. The Bertz CT molecular complexity index is 619. The number of rotatable bonds is 4. The number of nitrogens with two attached hydrogens (primary N) is 1. The van der Waals surface area contributed by atoms with Crippen molar-refractivity contribution in [3.63, 3.8) is 0 Å². The molecule has 3 heterocycles. The third-order valence-corrected chi connectivity index (χ3v) is 5.79. The van der Waals surface area contributed by atoms with E-state index in [-0.39, 0.29) is 29.5 Å². The van der Waals surface area contributed by atoms with Crippen molar-refractivity contribution in [2.24, 2.45) is 22.6 Å². The highest BCUT2D eigenvalue weighted by Gasteiger charge is 2.32. The molecule has 2 aliphatic rings. The second-order valence-electron chi connectivity index (χ2n) is 8.86. The summed E-state index contributed by atoms with van der Waals surface area (Å²) in [4.78, 5) is 20.4. The van der Waals surface area contributed by atoms with Crippen molar-refractivity contribution >= 4 is 35.9 Å². The van der Waals surface area contributed by atoms with Gasteiger partial charge in [-0.3, -0.25) is 9.89 Å². The summed E-state index contributed by atoms with van der Waals surface area (Å²) in [5.41, 5.74) is 6.37. The molecule has 158 valence electrons. The molecule has 0 spiro atoms. The van der Waals surface area contributed by atoms with Crippen molar-refractivity contribution in [3.8, 4) is 0 Å². The number of halogens is 1. The van der Waals surface area contributed by atoms with E-state index in [9.17, 15) is 0 Å². The van der Waals surface area contributed by atoms with E-state index in [1.165, 1.54) is 6.42 Å². The summed E-state index contributed by atoms with van der Waals surface area (Å²) < 4.78 is 0. The van der Waals surface area contributed by atoms with Gasteiger partial charge in [-0.15, -0.1) is 24.0 Å². The Hall–Kier alpha value is -1.16. The minimum absolute atomic E-state index is 0. The molecule has 0 bridgehead atoms. The molecule has 2 fully saturated rings. The van der Waals surface area contributed by atoms with Crippen LogP contribution in [0.15, 0.2) is 23.5 Å². The zero-order valence-electron chi connectivity index (χ0n) is 17.7. The SMILES string of the molecule is CC1CC(C)CN(C(C)(C)CN=C(N)N2CCN(c3ncccn3)CC2)C1.I. The second-order valence-corrected chi connectivity index (χ2v) is 8.86. The molecular formula is C20H36IN7. The van der Waals surface area contributed by atoms with Crippen molar-refractivity contribution in [2.45, 2.75) is 39.7 Å². The molecule has 0 saturated carbocycles. The van der Waals surface area contributed by atoms with E-state index in [1.807, 2.05) is 6.07 Å². The first-order chi connectivity index (χ1) is 12.8. The molecule has 3 rings (SSSR count). The van der Waals surface area contributed by atoms with Crippen molar-refractivity contribution in [1.82, 2.24) is 19.8 Å². The highest BCUT2D eigenvalue weighted by Crippen LogP contribution is 2.27. The molecule has 8 heteroatoms. The van der Waals surface area contributed by atoms with Crippen LogP contribution in [0.1, 0.15) is 34.1 Å². The van der Waals surface area contributed by atoms with Crippen LogP contribution in [0.2, 0.25) is 0 Å². The van der Waals surface area contributed by atoms with Gasteiger partial charge < -0.3 is 15.5 Å². The van der Waals surface area contributed by atoms with Gasteiger partial charge in [0.2, 0.25) is 5.95 Å². The molecular weight excluding hydrogens is 465 g/mol. The molecule has 1 aromatic heterocycles. The van der Waals surface area contributed by atoms with Gasteiger partial charge in [-0.05, 0) is 38.2 Å². The number of hydrogen-bond donors (Lipinski definition) is 1. The summed E-state index contributed by atoms with van der Waals surface area (Å²) in [6.07, 6.45) is 4.90. The molecule has 0 amide bonds. The molecule has 0 radical (unpaired) electrons. The maximum atomic E-state index is 6.33. The molecule has 2 unspecified atom stereocenters. The van der Waals surface area contributed by atoms with Crippen molar-refractivity contribution < 1.29 is 0 Å². The van der Waals surface area contributed by atoms with Crippen LogP contribution in [0.4, 0.5) is 5.95 Å². The molecule has 2 saturated heterocycles. The van der Waals surface area contributed by atoms with Crippen LogP contribution in [0.3, 0.4) is 0 Å². The lowest BCUT2D eigenvalue weighted by atomic mass is 9.88. The maximum Gasteiger partial charge on any atom is 0.225 e. The first-order valence-electron chi connectivity index (χ1n) is 10.2. The van der Waals surface area contributed by atoms with Gasteiger partial charge >= 0.3 is 0 Å². The Morgan fingerprint density at radius 1 is 1.11 bits per heavy atom. The van der Waals surface area contributed by atoms with Crippen molar-refractivity contribution in [1.29, 1.82) is 0 Å². The fourth-order valence-electron chi connectivity index (χ4n) is 4.22. The van der Waals surface area contributed by atoms with Crippen LogP contribution in [0.5, 0.6) is 0 Å². The zero-order chi connectivity index (χ0) is 19.4. The number of aromatic nitrogens is 2. The van der Waals surface area contributed by atoms with E-state index in [4.69, 9.17) is 10.7 Å². The second kappa shape index (κ2) is 10.0. The number of guanidine groups is 1. The number of nitrogens with zero attached hydrogens (tertiary/aromatic N) is 6. The number of likely N-dealkylation sites (tertiary alicyclic amines) is 1. The first kappa shape index (κ1) is 23.1. The first-order valence-corrected chi connectivity index (χ1v) is 10.2. The van der Waals surface area contributed by atoms with E-state index >= 15 is 0 Å². The summed E-state index contributed by atoms with van der Waals surface area (Å²) in [7, 11) is 0. The highest BCUT2D eigenvalue weighted by molar-refractivity contribution is 14.0. The minimum atomic E-state index is 0. The third kappa shape index (κ3) is 5.92. The summed E-state index contributed by atoms with van der Waals surface area (Å²) in [6, 6.07) is 1.84. The summed E-state index contributed by atoms with van der Waals surface area (Å²) in [6.45, 7) is 15.8. The van der Waals surface area contributed by atoms with Gasteiger partial charge in [0.05, 0.1) is 6.54 Å². The van der Waals surface area contributed by atoms with Crippen molar-refractivity contribution in [3.05, 3.63) is 18.5 Å². The summed E-state index contributed by atoms with van der Waals surface area (Å²) in [5, 5.41) is 0. The van der Waals surface area contributed by atoms with Crippen LogP contribution in [-0.2, 0) is 0 Å². The monoisotopic (exact) mass is 501 g/mol. The average Bonchev–Trinajstić information content (AvgIpc) is 2.66. The molecule has 0 aromatic carbocycles. The fourth-order valence-corrected chi connectivity index (χ4v) is 4.22. The Kier molecular flexibility index (Phi) is 8.30.